The van der Waals surface area contributed by atoms with E-state index in [0.717, 1.165) is 19.7 Å². The Labute approximate surface area is 84.4 Å². The third-order valence-electron chi connectivity index (χ3n) is 1.49. The average molecular weight is 238 g/mol. The van der Waals surface area contributed by atoms with E-state index in [9.17, 15) is 0 Å². The molecule has 0 aliphatic rings. The molecular weight excluding hydrogens is 218 g/mol. The van der Waals surface area contributed by atoms with E-state index in [1.807, 2.05) is 0 Å². The summed E-state index contributed by atoms with van der Waals surface area (Å²) in [5, 5.41) is 0. The number of hydrogen-bond acceptors (Lipinski definition) is 2. The lowest BCUT2D eigenvalue weighted by Crippen LogP contribution is -2.28. The van der Waals surface area contributed by atoms with Crippen LogP contribution in [-0.2, 0) is 4.74 Å². The second-order valence-corrected chi connectivity index (χ2v) is 5.03. The molecule has 0 N–H and O–H groups in total. The molecule has 0 radical (unpaired) electrons. The van der Waals surface area contributed by atoms with Gasteiger partial charge in [0.05, 0.1) is 12.7 Å². The van der Waals surface area contributed by atoms with Crippen molar-refractivity contribution in [3.8, 4) is 0 Å². The zero-order chi connectivity index (χ0) is 9.56. The molecule has 0 aromatic rings. The van der Waals surface area contributed by atoms with Crippen LogP contribution in [0.15, 0.2) is 0 Å². The van der Waals surface area contributed by atoms with Gasteiger partial charge in [-0.3, -0.25) is 0 Å². The number of hydrogen-bond donors (Lipinski definition) is 0. The number of nitrogens with zero attached hydrogens (tertiary/aromatic N) is 1. The molecule has 3 heteroatoms. The summed E-state index contributed by atoms with van der Waals surface area (Å²) < 4.78 is 5.44. The fourth-order valence-electron chi connectivity index (χ4n) is 0.965. The highest BCUT2D eigenvalue weighted by Gasteiger charge is 2.02. The molecule has 1 unspecified atom stereocenters. The smallest absolute Gasteiger partial charge is 0.0596 e. The summed E-state index contributed by atoms with van der Waals surface area (Å²) in [6.45, 7) is 9.18. The van der Waals surface area contributed by atoms with Gasteiger partial charge in [-0.25, -0.2) is 0 Å². The Kier molecular flexibility index (Phi) is 7.10. The molecule has 12 heavy (non-hydrogen) atoms. The summed E-state index contributed by atoms with van der Waals surface area (Å²) in [5.41, 5.74) is 0. The van der Waals surface area contributed by atoms with Gasteiger partial charge >= 0.3 is 0 Å². The number of ether oxygens (including phenoxy) is 1. The molecule has 74 valence electrons. The van der Waals surface area contributed by atoms with Crippen LogP contribution in [0.2, 0.25) is 0 Å². The van der Waals surface area contributed by atoms with Crippen molar-refractivity contribution in [1.82, 2.24) is 4.90 Å². The Morgan fingerprint density at radius 3 is 2.33 bits per heavy atom. The molecule has 0 aliphatic heterocycles. The Bertz CT molecular complexity index is 107. The molecular formula is C9H20BrNO. The lowest BCUT2D eigenvalue weighted by atomic mass is 10.4. The summed E-state index contributed by atoms with van der Waals surface area (Å²) in [4.78, 5) is 2.82. The van der Waals surface area contributed by atoms with Crippen molar-refractivity contribution in [1.29, 1.82) is 0 Å². The molecule has 0 fully saturated rings. The van der Waals surface area contributed by atoms with Crippen LogP contribution in [0.3, 0.4) is 0 Å². The van der Waals surface area contributed by atoms with Crippen molar-refractivity contribution in [3.63, 3.8) is 0 Å². The Morgan fingerprint density at radius 1 is 1.33 bits per heavy atom. The first-order chi connectivity index (χ1) is 5.52. The zero-order valence-corrected chi connectivity index (χ0v) is 10.1. The normalized spacial score (nSPS) is 14.2. The number of alkyl halides is 1. The maximum atomic E-state index is 5.44. The third kappa shape index (κ3) is 8.50. The standard InChI is InChI=1S/C9H20BrNO/c1-8(2)12-6-5-11(4)7-9(3)10/h8-9H,5-7H2,1-4H3. The molecule has 0 amide bonds. The topological polar surface area (TPSA) is 12.5 Å². The van der Waals surface area contributed by atoms with E-state index in [1.165, 1.54) is 0 Å². The van der Waals surface area contributed by atoms with Gasteiger partial charge in [-0.2, -0.15) is 0 Å². The Hall–Kier alpha value is 0.400. The van der Waals surface area contributed by atoms with Crippen molar-refractivity contribution < 1.29 is 4.74 Å². The maximum Gasteiger partial charge on any atom is 0.0596 e. The average Bonchev–Trinajstić information content (AvgIpc) is 1.84. The van der Waals surface area contributed by atoms with Gasteiger partial charge in [0.25, 0.3) is 0 Å². The molecule has 0 spiro atoms. The zero-order valence-electron chi connectivity index (χ0n) is 8.51. The van der Waals surface area contributed by atoms with Crippen molar-refractivity contribution >= 4 is 15.9 Å². The second-order valence-electron chi connectivity index (χ2n) is 3.46. The molecule has 0 aromatic heterocycles. The number of rotatable bonds is 6. The van der Waals surface area contributed by atoms with Gasteiger partial charge in [-0.15, -0.1) is 0 Å². The van der Waals surface area contributed by atoms with E-state index in [2.05, 4.69) is 48.6 Å². The summed E-state index contributed by atoms with van der Waals surface area (Å²) in [6.07, 6.45) is 0.347. The first kappa shape index (κ1) is 12.4. The maximum absolute atomic E-state index is 5.44. The predicted molar refractivity (Wildman–Crippen MR) is 57.0 cm³/mol. The Morgan fingerprint density at radius 2 is 1.92 bits per heavy atom. The SMILES string of the molecule is CC(Br)CN(C)CCOC(C)C. The largest absolute Gasteiger partial charge is 0.377 e. The molecule has 2 nitrogen and oxygen atoms in total. The van der Waals surface area contributed by atoms with Gasteiger partial charge in [-0.05, 0) is 20.9 Å². The van der Waals surface area contributed by atoms with E-state index < -0.39 is 0 Å². The van der Waals surface area contributed by atoms with Crippen molar-refractivity contribution in [2.45, 2.75) is 31.7 Å². The first-order valence-electron chi connectivity index (χ1n) is 4.46. The monoisotopic (exact) mass is 237 g/mol. The van der Waals surface area contributed by atoms with Crippen molar-refractivity contribution in [2.24, 2.45) is 0 Å². The van der Waals surface area contributed by atoms with Gasteiger partial charge in [0.2, 0.25) is 0 Å². The van der Waals surface area contributed by atoms with E-state index in [1.54, 1.807) is 0 Å². The molecule has 0 aromatic carbocycles. The molecule has 0 bridgehead atoms. The minimum atomic E-state index is 0.347. The fourth-order valence-corrected chi connectivity index (χ4v) is 1.46. The fraction of sp³-hybridized carbons (Fsp3) is 1.00. The minimum absolute atomic E-state index is 0.347. The number of halogens is 1. The van der Waals surface area contributed by atoms with Crippen molar-refractivity contribution in [3.05, 3.63) is 0 Å². The highest BCUT2D eigenvalue weighted by atomic mass is 79.9. The van der Waals surface area contributed by atoms with Crippen LogP contribution >= 0.6 is 15.9 Å². The van der Waals surface area contributed by atoms with Crippen LogP contribution in [0.25, 0.3) is 0 Å². The second kappa shape index (κ2) is 6.87. The van der Waals surface area contributed by atoms with Crippen LogP contribution in [0.1, 0.15) is 20.8 Å². The lowest BCUT2D eigenvalue weighted by Gasteiger charge is -2.18. The van der Waals surface area contributed by atoms with Crippen LogP contribution in [0.4, 0.5) is 0 Å². The molecule has 0 saturated heterocycles. The molecule has 0 saturated carbocycles. The summed E-state index contributed by atoms with van der Waals surface area (Å²) >= 11 is 3.51. The van der Waals surface area contributed by atoms with E-state index in [-0.39, 0.29) is 0 Å². The summed E-state index contributed by atoms with van der Waals surface area (Å²) in [5.74, 6) is 0. The molecule has 0 aliphatic carbocycles. The van der Waals surface area contributed by atoms with Gasteiger partial charge in [0.1, 0.15) is 0 Å². The van der Waals surface area contributed by atoms with E-state index in [4.69, 9.17) is 4.74 Å². The lowest BCUT2D eigenvalue weighted by molar-refractivity contribution is 0.0642. The summed E-state index contributed by atoms with van der Waals surface area (Å²) in [7, 11) is 2.11. The number of likely N-dealkylation sites (N-methyl/N-ethyl adjacent to an activating group) is 1. The Balaban J connectivity index is 3.25. The molecule has 1 atom stereocenters. The van der Waals surface area contributed by atoms with Crippen molar-refractivity contribution in [2.75, 3.05) is 26.7 Å². The summed E-state index contributed by atoms with van der Waals surface area (Å²) in [6, 6.07) is 0. The van der Waals surface area contributed by atoms with Gasteiger partial charge in [0.15, 0.2) is 0 Å². The molecule has 0 heterocycles. The quantitative estimate of drug-likeness (QED) is 0.657. The highest BCUT2D eigenvalue weighted by molar-refractivity contribution is 9.09. The van der Waals surface area contributed by atoms with E-state index in [0.29, 0.717) is 10.9 Å². The minimum Gasteiger partial charge on any atom is -0.377 e. The first-order valence-corrected chi connectivity index (χ1v) is 5.38. The van der Waals surface area contributed by atoms with Gasteiger partial charge in [-0.1, -0.05) is 22.9 Å². The van der Waals surface area contributed by atoms with Crippen LogP contribution < -0.4 is 0 Å². The van der Waals surface area contributed by atoms with E-state index >= 15 is 0 Å². The van der Waals surface area contributed by atoms with Crippen LogP contribution in [0.5, 0.6) is 0 Å². The highest BCUT2D eigenvalue weighted by Crippen LogP contribution is 1.99. The van der Waals surface area contributed by atoms with Crippen LogP contribution in [-0.4, -0.2) is 42.6 Å². The third-order valence-corrected chi connectivity index (χ3v) is 1.78. The van der Waals surface area contributed by atoms with Crippen LogP contribution in [0, 0.1) is 0 Å². The van der Waals surface area contributed by atoms with Gasteiger partial charge < -0.3 is 9.64 Å². The molecule has 0 rings (SSSR count). The van der Waals surface area contributed by atoms with Gasteiger partial charge in [0, 0.05) is 17.9 Å². The predicted octanol–water partition coefficient (Wildman–Crippen LogP) is 2.13.